The largest absolute Gasteiger partial charge is 0.0620 e. The molecular weight excluding hydrogens is 180 g/mol. The summed E-state index contributed by atoms with van der Waals surface area (Å²) in [6, 6.07) is 15.4. The molecule has 0 heteroatoms. The summed E-state index contributed by atoms with van der Waals surface area (Å²) >= 11 is 0. The van der Waals surface area contributed by atoms with Crippen molar-refractivity contribution in [2.24, 2.45) is 0 Å². The van der Waals surface area contributed by atoms with Crippen LogP contribution in [0.15, 0.2) is 42.5 Å². The fraction of sp³-hybridized carbons (Fsp3) is 0.200. The van der Waals surface area contributed by atoms with E-state index in [9.17, 15) is 0 Å². The van der Waals surface area contributed by atoms with Crippen molar-refractivity contribution >= 4 is 0 Å². The molecule has 0 aromatic heterocycles. The van der Waals surface area contributed by atoms with Crippen LogP contribution < -0.4 is 0 Å². The van der Waals surface area contributed by atoms with E-state index >= 15 is 0 Å². The molecule has 0 spiro atoms. The van der Waals surface area contributed by atoms with Gasteiger partial charge >= 0.3 is 0 Å². The Kier molecular flexibility index (Phi) is 1.88. The predicted octanol–water partition coefficient (Wildman–Crippen LogP) is 3.76. The minimum absolute atomic E-state index is 1.19. The molecule has 2 aromatic rings. The fourth-order valence-corrected chi connectivity index (χ4v) is 2.57. The Labute approximate surface area is 90.6 Å². The van der Waals surface area contributed by atoms with E-state index in [0.717, 1.165) is 0 Å². The lowest BCUT2D eigenvalue weighted by Crippen LogP contribution is -2.04. The molecule has 1 aliphatic rings. The van der Waals surface area contributed by atoms with Crippen LogP contribution in [0.25, 0.3) is 11.1 Å². The summed E-state index contributed by atoms with van der Waals surface area (Å²) in [6.45, 7) is 2.21. The Balaban J connectivity index is 2.33. The topological polar surface area (TPSA) is 0 Å². The SMILES string of the molecule is Cc1cccc2c1-c1ccccc1CC2. The first-order valence-electron chi connectivity index (χ1n) is 5.53. The Morgan fingerprint density at radius 2 is 1.53 bits per heavy atom. The van der Waals surface area contributed by atoms with Crippen molar-refractivity contribution in [2.45, 2.75) is 19.8 Å². The highest BCUT2D eigenvalue weighted by molar-refractivity contribution is 5.75. The zero-order chi connectivity index (χ0) is 10.3. The van der Waals surface area contributed by atoms with E-state index in [1.54, 1.807) is 0 Å². The Hall–Kier alpha value is -1.56. The van der Waals surface area contributed by atoms with Gasteiger partial charge < -0.3 is 0 Å². The molecule has 0 aliphatic heterocycles. The molecule has 0 bridgehead atoms. The van der Waals surface area contributed by atoms with Crippen molar-refractivity contribution in [1.29, 1.82) is 0 Å². The highest BCUT2D eigenvalue weighted by Gasteiger charge is 2.16. The van der Waals surface area contributed by atoms with Gasteiger partial charge in [0, 0.05) is 0 Å². The quantitative estimate of drug-likeness (QED) is 0.599. The van der Waals surface area contributed by atoms with Crippen LogP contribution >= 0.6 is 0 Å². The number of hydrogen-bond acceptors (Lipinski definition) is 0. The molecule has 0 atom stereocenters. The van der Waals surface area contributed by atoms with Gasteiger partial charge in [0.2, 0.25) is 0 Å². The van der Waals surface area contributed by atoms with Crippen LogP contribution in [0.4, 0.5) is 0 Å². The lowest BCUT2D eigenvalue weighted by molar-refractivity contribution is 0.939. The van der Waals surface area contributed by atoms with Gasteiger partial charge in [0.15, 0.2) is 0 Å². The van der Waals surface area contributed by atoms with Crippen molar-refractivity contribution in [2.75, 3.05) is 0 Å². The predicted molar refractivity (Wildman–Crippen MR) is 64.0 cm³/mol. The molecule has 0 unspecified atom stereocenters. The van der Waals surface area contributed by atoms with Crippen molar-refractivity contribution in [3.8, 4) is 11.1 Å². The molecule has 0 amide bonds. The van der Waals surface area contributed by atoms with Crippen LogP contribution in [0.5, 0.6) is 0 Å². The molecule has 0 nitrogen and oxygen atoms in total. The Morgan fingerprint density at radius 1 is 0.800 bits per heavy atom. The summed E-state index contributed by atoms with van der Waals surface area (Å²) in [4.78, 5) is 0. The van der Waals surface area contributed by atoms with Gasteiger partial charge in [0.1, 0.15) is 0 Å². The van der Waals surface area contributed by atoms with Gasteiger partial charge in [0.05, 0.1) is 0 Å². The maximum Gasteiger partial charge on any atom is -0.0120 e. The molecule has 0 N–H and O–H groups in total. The summed E-state index contributed by atoms with van der Waals surface area (Å²) < 4.78 is 0. The number of benzene rings is 2. The normalized spacial score (nSPS) is 13.1. The van der Waals surface area contributed by atoms with E-state index in [2.05, 4.69) is 49.4 Å². The van der Waals surface area contributed by atoms with Crippen molar-refractivity contribution < 1.29 is 0 Å². The van der Waals surface area contributed by atoms with Gasteiger partial charge in [0.25, 0.3) is 0 Å². The monoisotopic (exact) mass is 194 g/mol. The molecular formula is C15H14. The minimum atomic E-state index is 1.19. The first kappa shape index (κ1) is 8.72. The standard InChI is InChI=1S/C15H14/c1-11-5-4-7-13-10-9-12-6-2-3-8-14(12)15(11)13/h2-8H,9-10H2,1H3. The first-order valence-corrected chi connectivity index (χ1v) is 5.53. The molecule has 0 radical (unpaired) electrons. The molecule has 3 rings (SSSR count). The molecule has 0 saturated heterocycles. The lowest BCUT2D eigenvalue weighted by Gasteiger charge is -2.21. The second-order valence-electron chi connectivity index (χ2n) is 4.27. The second-order valence-corrected chi connectivity index (χ2v) is 4.27. The van der Waals surface area contributed by atoms with Gasteiger partial charge in [-0.2, -0.15) is 0 Å². The minimum Gasteiger partial charge on any atom is -0.0620 e. The maximum absolute atomic E-state index is 2.26. The summed E-state index contributed by atoms with van der Waals surface area (Å²) in [5, 5.41) is 0. The zero-order valence-corrected chi connectivity index (χ0v) is 8.96. The van der Waals surface area contributed by atoms with Gasteiger partial charge in [-0.3, -0.25) is 0 Å². The van der Waals surface area contributed by atoms with Crippen LogP contribution in [0, 0.1) is 6.92 Å². The van der Waals surface area contributed by atoms with Gasteiger partial charge in [-0.15, -0.1) is 0 Å². The van der Waals surface area contributed by atoms with Crippen LogP contribution in [-0.2, 0) is 12.8 Å². The first-order chi connectivity index (χ1) is 7.36. The third kappa shape index (κ3) is 1.29. The highest BCUT2D eigenvalue weighted by atomic mass is 14.2. The van der Waals surface area contributed by atoms with Crippen molar-refractivity contribution in [3.05, 3.63) is 59.2 Å². The Morgan fingerprint density at radius 3 is 2.47 bits per heavy atom. The number of fused-ring (bicyclic) bond motifs is 3. The van der Waals surface area contributed by atoms with E-state index in [1.165, 1.54) is 40.7 Å². The van der Waals surface area contributed by atoms with E-state index in [-0.39, 0.29) is 0 Å². The lowest BCUT2D eigenvalue weighted by atomic mass is 9.83. The molecule has 15 heavy (non-hydrogen) atoms. The molecule has 1 aliphatic carbocycles. The molecule has 0 fully saturated rings. The van der Waals surface area contributed by atoms with Gasteiger partial charge in [-0.25, -0.2) is 0 Å². The molecule has 0 heterocycles. The van der Waals surface area contributed by atoms with E-state index in [4.69, 9.17) is 0 Å². The molecule has 2 aromatic carbocycles. The van der Waals surface area contributed by atoms with Crippen LogP contribution in [0.3, 0.4) is 0 Å². The van der Waals surface area contributed by atoms with Gasteiger partial charge in [-0.05, 0) is 47.6 Å². The number of hydrogen-bond donors (Lipinski definition) is 0. The smallest absolute Gasteiger partial charge is 0.0120 e. The summed E-state index contributed by atoms with van der Waals surface area (Å²) in [5.74, 6) is 0. The molecule has 0 saturated carbocycles. The van der Waals surface area contributed by atoms with Crippen LogP contribution in [-0.4, -0.2) is 0 Å². The zero-order valence-electron chi connectivity index (χ0n) is 8.96. The second kappa shape index (κ2) is 3.23. The average molecular weight is 194 g/mol. The summed E-state index contributed by atoms with van der Waals surface area (Å²) in [7, 11) is 0. The van der Waals surface area contributed by atoms with E-state index in [0.29, 0.717) is 0 Å². The summed E-state index contributed by atoms with van der Waals surface area (Å²) in [6.07, 6.45) is 2.38. The number of rotatable bonds is 0. The van der Waals surface area contributed by atoms with Crippen molar-refractivity contribution in [3.63, 3.8) is 0 Å². The van der Waals surface area contributed by atoms with E-state index in [1.807, 2.05) is 0 Å². The Bertz CT molecular complexity index is 509. The molecule has 74 valence electrons. The third-order valence-electron chi connectivity index (χ3n) is 3.31. The van der Waals surface area contributed by atoms with Crippen LogP contribution in [0.2, 0.25) is 0 Å². The maximum atomic E-state index is 2.26. The van der Waals surface area contributed by atoms with Gasteiger partial charge in [-0.1, -0.05) is 42.5 Å². The van der Waals surface area contributed by atoms with Crippen molar-refractivity contribution in [1.82, 2.24) is 0 Å². The van der Waals surface area contributed by atoms with E-state index < -0.39 is 0 Å². The fourth-order valence-electron chi connectivity index (χ4n) is 2.57. The number of aryl methyl sites for hydroxylation is 3. The third-order valence-corrected chi connectivity index (χ3v) is 3.31. The average Bonchev–Trinajstić information content (AvgIpc) is 2.29. The highest BCUT2D eigenvalue weighted by Crippen LogP contribution is 2.35. The summed E-state index contributed by atoms with van der Waals surface area (Å²) in [5.41, 5.74) is 7.32. The van der Waals surface area contributed by atoms with Crippen LogP contribution in [0.1, 0.15) is 16.7 Å².